The maximum Gasteiger partial charge on any atom is 0.308 e. The van der Waals surface area contributed by atoms with Crippen LogP contribution in [0.1, 0.15) is 25.3 Å². The molecular weight excluding hydrogens is 232 g/mol. The second kappa shape index (κ2) is 8.66. The molecule has 0 heterocycles. The molecule has 1 aromatic carbocycles. The third-order valence-electron chi connectivity index (χ3n) is 2.41. The van der Waals surface area contributed by atoms with Gasteiger partial charge in [-0.1, -0.05) is 30.3 Å². The Morgan fingerprint density at radius 2 is 2.06 bits per heavy atom. The number of esters is 1. The molecule has 0 saturated heterocycles. The van der Waals surface area contributed by atoms with Crippen LogP contribution in [0.5, 0.6) is 0 Å². The molecule has 0 radical (unpaired) electrons. The molecule has 1 rings (SSSR count). The summed E-state index contributed by atoms with van der Waals surface area (Å²) in [6.07, 6.45) is -0.228. The summed E-state index contributed by atoms with van der Waals surface area (Å²) in [6, 6.07) is 9.82. The minimum absolute atomic E-state index is 0.0303. The molecule has 0 aliphatic rings. The largest absolute Gasteiger partial charge is 0.466 e. The molecule has 0 bridgehead atoms. The van der Waals surface area contributed by atoms with Crippen LogP contribution in [0.4, 0.5) is 0 Å². The van der Waals surface area contributed by atoms with Crippen LogP contribution in [0, 0.1) is 0 Å². The van der Waals surface area contributed by atoms with Crippen molar-refractivity contribution in [2.75, 3.05) is 13.2 Å². The van der Waals surface area contributed by atoms with E-state index in [9.17, 15) is 9.90 Å². The van der Waals surface area contributed by atoms with E-state index in [2.05, 4.69) is 0 Å². The van der Waals surface area contributed by atoms with Gasteiger partial charge in [-0.2, -0.15) is 0 Å². The zero-order valence-electron chi connectivity index (χ0n) is 10.7. The number of aliphatic hydroxyl groups excluding tert-OH is 1. The van der Waals surface area contributed by atoms with E-state index in [1.165, 1.54) is 0 Å². The zero-order chi connectivity index (χ0) is 13.2. The van der Waals surface area contributed by atoms with E-state index < -0.39 is 6.10 Å². The molecule has 100 valence electrons. The highest BCUT2D eigenvalue weighted by atomic mass is 16.5. The second-order valence-corrected chi connectivity index (χ2v) is 3.99. The summed E-state index contributed by atoms with van der Waals surface area (Å²) < 4.78 is 10.2. The van der Waals surface area contributed by atoms with Crippen molar-refractivity contribution >= 4 is 5.97 Å². The van der Waals surface area contributed by atoms with E-state index >= 15 is 0 Å². The third-order valence-corrected chi connectivity index (χ3v) is 2.41. The number of rotatable bonds is 8. The van der Waals surface area contributed by atoms with Crippen molar-refractivity contribution in [3.8, 4) is 0 Å². The van der Waals surface area contributed by atoms with Gasteiger partial charge in [0.2, 0.25) is 0 Å². The van der Waals surface area contributed by atoms with Gasteiger partial charge in [0.1, 0.15) is 0 Å². The van der Waals surface area contributed by atoms with E-state index in [1.807, 2.05) is 30.3 Å². The third kappa shape index (κ3) is 6.37. The fourth-order valence-corrected chi connectivity index (χ4v) is 1.50. The number of hydrogen-bond donors (Lipinski definition) is 1. The molecule has 0 fully saturated rings. The van der Waals surface area contributed by atoms with Gasteiger partial charge in [-0.05, 0) is 18.9 Å². The quantitative estimate of drug-likeness (QED) is 0.567. The molecule has 4 nitrogen and oxygen atoms in total. The van der Waals surface area contributed by atoms with Crippen LogP contribution in [-0.2, 0) is 20.9 Å². The molecule has 0 saturated carbocycles. The van der Waals surface area contributed by atoms with Crippen LogP contribution in [0.2, 0.25) is 0 Å². The summed E-state index contributed by atoms with van der Waals surface area (Å²) in [5, 5.41) is 9.56. The first-order valence-electron chi connectivity index (χ1n) is 6.17. The lowest BCUT2D eigenvalue weighted by Gasteiger charge is -2.10. The van der Waals surface area contributed by atoms with Gasteiger partial charge in [-0.15, -0.1) is 0 Å². The minimum atomic E-state index is -0.695. The summed E-state index contributed by atoms with van der Waals surface area (Å²) in [7, 11) is 0. The Morgan fingerprint density at radius 3 is 2.72 bits per heavy atom. The number of ether oxygens (including phenoxy) is 2. The van der Waals surface area contributed by atoms with E-state index in [0.717, 1.165) is 5.56 Å². The fourth-order valence-electron chi connectivity index (χ4n) is 1.50. The lowest BCUT2D eigenvalue weighted by molar-refractivity contribution is -0.145. The van der Waals surface area contributed by atoms with E-state index in [-0.39, 0.29) is 12.4 Å². The predicted octanol–water partition coefficient (Wildman–Crippen LogP) is 1.91. The summed E-state index contributed by atoms with van der Waals surface area (Å²) in [5.41, 5.74) is 1.09. The van der Waals surface area contributed by atoms with Gasteiger partial charge in [0.25, 0.3) is 0 Å². The highest BCUT2D eigenvalue weighted by Gasteiger charge is 2.11. The number of benzene rings is 1. The normalized spacial score (nSPS) is 12.1. The van der Waals surface area contributed by atoms with Crippen LogP contribution in [0.15, 0.2) is 30.3 Å². The molecule has 0 amide bonds. The molecule has 18 heavy (non-hydrogen) atoms. The van der Waals surface area contributed by atoms with E-state index in [0.29, 0.717) is 26.2 Å². The average molecular weight is 252 g/mol. The molecule has 0 spiro atoms. The van der Waals surface area contributed by atoms with Crippen LogP contribution in [-0.4, -0.2) is 30.4 Å². The minimum Gasteiger partial charge on any atom is -0.466 e. The van der Waals surface area contributed by atoms with E-state index in [4.69, 9.17) is 9.47 Å². The van der Waals surface area contributed by atoms with Crippen LogP contribution in [0.25, 0.3) is 0 Å². The first-order chi connectivity index (χ1) is 8.72. The van der Waals surface area contributed by atoms with Crippen molar-refractivity contribution in [1.29, 1.82) is 0 Å². The van der Waals surface area contributed by atoms with Gasteiger partial charge >= 0.3 is 5.97 Å². The summed E-state index contributed by atoms with van der Waals surface area (Å²) in [4.78, 5) is 11.1. The molecule has 1 atom stereocenters. The topological polar surface area (TPSA) is 55.8 Å². The van der Waals surface area contributed by atoms with Gasteiger partial charge in [0.15, 0.2) is 0 Å². The molecule has 0 aliphatic heterocycles. The molecule has 0 aromatic heterocycles. The van der Waals surface area contributed by atoms with Gasteiger partial charge in [0, 0.05) is 6.61 Å². The van der Waals surface area contributed by atoms with Crippen molar-refractivity contribution in [1.82, 2.24) is 0 Å². The number of hydrogen-bond acceptors (Lipinski definition) is 4. The molecule has 4 heteroatoms. The fraction of sp³-hybridized carbons (Fsp3) is 0.500. The van der Waals surface area contributed by atoms with Gasteiger partial charge in [-0.3, -0.25) is 4.79 Å². The Bertz CT molecular complexity index is 337. The average Bonchev–Trinajstić information content (AvgIpc) is 2.36. The Morgan fingerprint density at radius 1 is 1.33 bits per heavy atom. The van der Waals surface area contributed by atoms with Crippen molar-refractivity contribution < 1.29 is 19.4 Å². The van der Waals surface area contributed by atoms with Gasteiger partial charge in [0.05, 0.1) is 25.7 Å². The van der Waals surface area contributed by atoms with Crippen molar-refractivity contribution in [2.45, 2.75) is 32.5 Å². The number of carbonyl (C=O) groups excluding carboxylic acids is 1. The van der Waals surface area contributed by atoms with Crippen LogP contribution < -0.4 is 0 Å². The standard InChI is InChI=1S/C14H20O4/c1-2-18-14(16)10-13(15)8-9-17-11-12-6-4-3-5-7-12/h3-7,13,15H,2,8-11H2,1H3. The Labute approximate surface area is 108 Å². The second-order valence-electron chi connectivity index (χ2n) is 3.99. The maximum absolute atomic E-state index is 11.1. The van der Waals surface area contributed by atoms with Crippen molar-refractivity contribution in [2.24, 2.45) is 0 Å². The highest BCUT2D eigenvalue weighted by molar-refractivity contribution is 5.69. The lowest BCUT2D eigenvalue weighted by Crippen LogP contribution is -2.17. The summed E-state index contributed by atoms with van der Waals surface area (Å²) in [5.74, 6) is -0.368. The molecule has 1 unspecified atom stereocenters. The molecule has 0 aliphatic carbocycles. The lowest BCUT2D eigenvalue weighted by atomic mass is 10.2. The molecule has 1 aromatic rings. The van der Waals surface area contributed by atoms with Gasteiger partial charge < -0.3 is 14.6 Å². The predicted molar refractivity (Wildman–Crippen MR) is 68.0 cm³/mol. The van der Waals surface area contributed by atoms with Crippen molar-refractivity contribution in [3.05, 3.63) is 35.9 Å². The van der Waals surface area contributed by atoms with Crippen LogP contribution in [0.3, 0.4) is 0 Å². The Balaban J connectivity index is 2.09. The molecular formula is C14H20O4. The van der Waals surface area contributed by atoms with Gasteiger partial charge in [-0.25, -0.2) is 0 Å². The maximum atomic E-state index is 11.1. The Kier molecular flexibility index (Phi) is 7.06. The molecule has 1 N–H and O–H groups in total. The summed E-state index contributed by atoms with van der Waals surface area (Å²) in [6.45, 7) is 3.03. The number of aliphatic hydroxyl groups is 1. The SMILES string of the molecule is CCOC(=O)CC(O)CCOCc1ccccc1. The monoisotopic (exact) mass is 252 g/mol. The van der Waals surface area contributed by atoms with Crippen molar-refractivity contribution in [3.63, 3.8) is 0 Å². The zero-order valence-corrected chi connectivity index (χ0v) is 10.7. The Hall–Kier alpha value is -1.39. The first kappa shape index (κ1) is 14.7. The van der Waals surface area contributed by atoms with E-state index in [1.54, 1.807) is 6.92 Å². The van der Waals surface area contributed by atoms with Crippen LogP contribution >= 0.6 is 0 Å². The number of carbonyl (C=O) groups is 1. The smallest absolute Gasteiger partial charge is 0.308 e. The summed E-state index contributed by atoms with van der Waals surface area (Å²) >= 11 is 0. The highest BCUT2D eigenvalue weighted by Crippen LogP contribution is 2.04. The first-order valence-corrected chi connectivity index (χ1v) is 6.17.